The molecular formula is C24H22N4O. The molecule has 1 amide bonds. The Hall–Kier alpha value is -3.73. The summed E-state index contributed by atoms with van der Waals surface area (Å²) in [7, 11) is 0. The third-order valence-corrected chi connectivity index (χ3v) is 4.74. The number of benzene rings is 2. The summed E-state index contributed by atoms with van der Waals surface area (Å²) in [5, 5.41) is 7.12. The molecule has 0 radical (unpaired) electrons. The van der Waals surface area contributed by atoms with Crippen molar-refractivity contribution >= 4 is 11.6 Å². The number of anilines is 1. The van der Waals surface area contributed by atoms with Gasteiger partial charge < -0.3 is 5.32 Å². The molecule has 0 fully saturated rings. The van der Waals surface area contributed by atoms with Crippen LogP contribution in [0.2, 0.25) is 0 Å². The Morgan fingerprint density at radius 1 is 0.897 bits per heavy atom. The number of nitrogens with one attached hydrogen (secondary N) is 1. The molecule has 0 unspecified atom stereocenters. The monoisotopic (exact) mass is 382 g/mol. The van der Waals surface area contributed by atoms with Gasteiger partial charge in [-0.05, 0) is 59.9 Å². The second-order valence-corrected chi connectivity index (χ2v) is 6.84. The Balaban J connectivity index is 1.29. The molecule has 5 heteroatoms. The summed E-state index contributed by atoms with van der Waals surface area (Å²) in [6.07, 6.45) is 9.22. The van der Waals surface area contributed by atoms with Crippen LogP contribution >= 0.6 is 0 Å². The number of nitrogens with zero attached hydrogens (tertiary/aromatic N) is 3. The summed E-state index contributed by atoms with van der Waals surface area (Å²) < 4.78 is 1.84. The van der Waals surface area contributed by atoms with Crippen LogP contribution in [-0.4, -0.2) is 20.7 Å². The van der Waals surface area contributed by atoms with Crippen molar-refractivity contribution < 1.29 is 4.79 Å². The maximum atomic E-state index is 12.0. The molecule has 0 saturated heterocycles. The first-order valence-electron chi connectivity index (χ1n) is 9.67. The number of pyridine rings is 1. The average Bonchev–Trinajstić information content (AvgIpc) is 3.30. The zero-order valence-corrected chi connectivity index (χ0v) is 16.0. The number of carbonyl (C=O) groups excluding carboxylic acids is 1. The number of hydrogen-bond acceptors (Lipinski definition) is 3. The Kier molecular flexibility index (Phi) is 5.76. The van der Waals surface area contributed by atoms with E-state index >= 15 is 0 Å². The first-order valence-corrected chi connectivity index (χ1v) is 9.67. The van der Waals surface area contributed by atoms with E-state index in [0.717, 1.165) is 24.2 Å². The molecule has 4 aromatic rings. The standard InChI is InChI=1S/C24H22N4O/c29-24(27-22-5-2-15-25-18-22)6-1-4-19-7-9-20(10-8-19)21-11-13-23(14-12-21)28-17-3-16-26-28/h2-3,5,7-18H,1,4,6H2,(H,27,29). The maximum Gasteiger partial charge on any atom is 0.224 e. The van der Waals surface area contributed by atoms with E-state index in [4.69, 9.17) is 0 Å². The van der Waals surface area contributed by atoms with E-state index < -0.39 is 0 Å². The van der Waals surface area contributed by atoms with E-state index in [0.29, 0.717) is 6.42 Å². The fraction of sp³-hybridized carbons (Fsp3) is 0.125. The topological polar surface area (TPSA) is 59.8 Å². The molecule has 5 nitrogen and oxygen atoms in total. The Morgan fingerprint density at radius 3 is 2.31 bits per heavy atom. The molecule has 0 aliphatic rings. The van der Waals surface area contributed by atoms with Crippen LogP contribution in [0.15, 0.2) is 91.5 Å². The molecule has 0 atom stereocenters. The summed E-state index contributed by atoms with van der Waals surface area (Å²) in [5.74, 6) is 0.0203. The highest BCUT2D eigenvalue weighted by Gasteiger charge is 2.04. The lowest BCUT2D eigenvalue weighted by atomic mass is 10.0. The van der Waals surface area contributed by atoms with Gasteiger partial charge in [-0.15, -0.1) is 0 Å². The van der Waals surface area contributed by atoms with Crippen molar-refractivity contribution in [1.29, 1.82) is 0 Å². The minimum Gasteiger partial charge on any atom is -0.325 e. The molecule has 0 aliphatic heterocycles. The zero-order chi connectivity index (χ0) is 19.9. The number of aromatic nitrogens is 3. The minimum atomic E-state index is 0.0203. The highest BCUT2D eigenvalue weighted by Crippen LogP contribution is 2.22. The summed E-state index contributed by atoms with van der Waals surface area (Å²) in [5.41, 5.74) is 5.36. The summed E-state index contributed by atoms with van der Waals surface area (Å²) >= 11 is 0. The highest BCUT2D eigenvalue weighted by molar-refractivity contribution is 5.90. The van der Waals surface area contributed by atoms with Crippen LogP contribution in [0.1, 0.15) is 18.4 Å². The molecular weight excluding hydrogens is 360 g/mol. The number of rotatable bonds is 7. The van der Waals surface area contributed by atoms with E-state index in [-0.39, 0.29) is 5.91 Å². The van der Waals surface area contributed by atoms with Crippen LogP contribution in [0.3, 0.4) is 0 Å². The van der Waals surface area contributed by atoms with Crippen molar-refractivity contribution in [2.45, 2.75) is 19.3 Å². The highest BCUT2D eigenvalue weighted by atomic mass is 16.1. The third-order valence-electron chi connectivity index (χ3n) is 4.74. The lowest BCUT2D eigenvalue weighted by Gasteiger charge is -2.07. The van der Waals surface area contributed by atoms with Crippen LogP contribution in [-0.2, 0) is 11.2 Å². The SMILES string of the molecule is O=C(CCCc1ccc(-c2ccc(-n3cccn3)cc2)cc1)Nc1cccnc1. The predicted molar refractivity (Wildman–Crippen MR) is 115 cm³/mol. The molecule has 0 bridgehead atoms. The van der Waals surface area contributed by atoms with Crippen LogP contribution < -0.4 is 5.32 Å². The largest absolute Gasteiger partial charge is 0.325 e. The van der Waals surface area contributed by atoms with E-state index in [9.17, 15) is 4.79 Å². The smallest absolute Gasteiger partial charge is 0.224 e. The summed E-state index contributed by atoms with van der Waals surface area (Å²) in [6.45, 7) is 0. The van der Waals surface area contributed by atoms with Gasteiger partial charge in [0, 0.05) is 25.0 Å². The molecule has 4 rings (SSSR count). The van der Waals surface area contributed by atoms with Gasteiger partial charge in [-0.25, -0.2) is 4.68 Å². The molecule has 2 aromatic carbocycles. The first kappa shape index (κ1) is 18.6. The number of hydrogen-bond donors (Lipinski definition) is 1. The Morgan fingerprint density at radius 2 is 1.66 bits per heavy atom. The van der Waals surface area contributed by atoms with Gasteiger partial charge in [0.2, 0.25) is 5.91 Å². The van der Waals surface area contributed by atoms with Gasteiger partial charge in [-0.3, -0.25) is 9.78 Å². The van der Waals surface area contributed by atoms with Crippen LogP contribution in [0.4, 0.5) is 5.69 Å². The van der Waals surface area contributed by atoms with Crippen molar-refractivity contribution in [1.82, 2.24) is 14.8 Å². The fourth-order valence-electron chi connectivity index (χ4n) is 3.21. The van der Waals surface area contributed by atoms with E-state index in [1.807, 2.05) is 29.1 Å². The molecule has 0 spiro atoms. The number of carbonyl (C=O) groups is 1. The van der Waals surface area contributed by atoms with Crippen molar-refractivity contribution in [2.75, 3.05) is 5.32 Å². The normalized spacial score (nSPS) is 10.6. The maximum absolute atomic E-state index is 12.0. The van der Waals surface area contributed by atoms with Gasteiger partial charge >= 0.3 is 0 Å². The van der Waals surface area contributed by atoms with Gasteiger partial charge in [-0.1, -0.05) is 36.4 Å². The van der Waals surface area contributed by atoms with Crippen molar-refractivity contribution in [3.63, 3.8) is 0 Å². The van der Waals surface area contributed by atoms with Crippen LogP contribution in [0, 0.1) is 0 Å². The van der Waals surface area contributed by atoms with Crippen molar-refractivity contribution in [3.05, 3.63) is 97.1 Å². The zero-order valence-electron chi connectivity index (χ0n) is 16.0. The quantitative estimate of drug-likeness (QED) is 0.495. The fourth-order valence-corrected chi connectivity index (χ4v) is 3.21. The van der Waals surface area contributed by atoms with E-state index in [1.54, 1.807) is 18.6 Å². The van der Waals surface area contributed by atoms with Crippen molar-refractivity contribution in [2.24, 2.45) is 0 Å². The molecule has 2 heterocycles. The number of aryl methyl sites for hydroxylation is 1. The predicted octanol–water partition coefficient (Wildman–Crippen LogP) is 4.90. The molecule has 0 saturated carbocycles. The minimum absolute atomic E-state index is 0.0203. The lowest BCUT2D eigenvalue weighted by Crippen LogP contribution is -2.11. The first-order chi connectivity index (χ1) is 14.3. The third kappa shape index (κ3) is 4.96. The lowest BCUT2D eigenvalue weighted by molar-refractivity contribution is -0.116. The summed E-state index contributed by atoms with van der Waals surface area (Å²) in [6, 6.07) is 22.4. The Labute approximate surface area is 170 Å². The summed E-state index contributed by atoms with van der Waals surface area (Å²) in [4.78, 5) is 16.0. The average molecular weight is 382 g/mol. The van der Waals surface area contributed by atoms with Crippen molar-refractivity contribution in [3.8, 4) is 16.8 Å². The molecule has 144 valence electrons. The van der Waals surface area contributed by atoms with E-state index in [1.165, 1.54) is 16.7 Å². The van der Waals surface area contributed by atoms with E-state index in [2.05, 4.69) is 63.9 Å². The molecule has 2 aromatic heterocycles. The second-order valence-electron chi connectivity index (χ2n) is 6.84. The van der Waals surface area contributed by atoms with Crippen LogP contribution in [0.25, 0.3) is 16.8 Å². The Bertz CT molecular complexity index is 1040. The van der Waals surface area contributed by atoms with Gasteiger partial charge in [0.05, 0.1) is 17.6 Å². The van der Waals surface area contributed by atoms with Gasteiger partial charge in [0.1, 0.15) is 0 Å². The van der Waals surface area contributed by atoms with Gasteiger partial charge in [0.15, 0.2) is 0 Å². The van der Waals surface area contributed by atoms with Crippen LogP contribution in [0.5, 0.6) is 0 Å². The second kappa shape index (κ2) is 8.97. The number of amides is 1. The molecule has 29 heavy (non-hydrogen) atoms. The van der Waals surface area contributed by atoms with Gasteiger partial charge in [-0.2, -0.15) is 5.10 Å². The molecule has 0 aliphatic carbocycles. The molecule has 1 N–H and O–H groups in total. The van der Waals surface area contributed by atoms with Gasteiger partial charge in [0.25, 0.3) is 0 Å².